The summed E-state index contributed by atoms with van der Waals surface area (Å²) in [6.45, 7) is 12.4. The minimum atomic E-state index is -0.862. The Morgan fingerprint density at radius 1 is 0.930 bits per heavy atom. The molecule has 0 bridgehead atoms. The number of aryl methyl sites for hydroxylation is 1. The predicted octanol–water partition coefficient (Wildman–Crippen LogP) is 4.32. The molecular weight excluding hydrogens is 552 g/mol. The Labute approximate surface area is 251 Å². The summed E-state index contributed by atoms with van der Waals surface area (Å²) in [5.41, 5.74) is 1.02. The van der Waals surface area contributed by atoms with Crippen LogP contribution in [0.15, 0.2) is 54.9 Å². The van der Waals surface area contributed by atoms with Crippen LogP contribution in [0.3, 0.4) is 0 Å². The number of rotatable bonds is 10. The topological polar surface area (TPSA) is 154 Å². The van der Waals surface area contributed by atoms with Gasteiger partial charge in [-0.3, -0.25) is 19.0 Å². The van der Waals surface area contributed by atoms with E-state index < -0.39 is 35.2 Å². The van der Waals surface area contributed by atoms with Crippen LogP contribution in [-0.4, -0.2) is 55.9 Å². The van der Waals surface area contributed by atoms with Crippen LogP contribution in [-0.2, 0) is 32.0 Å². The van der Waals surface area contributed by atoms with Crippen molar-refractivity contribution in [3.8, 4) is 5.69 Å². The van der Waals surface area contributed by atoms with Gasteiger partial charge in [-0.1, -0.05) is 24.3 Å². The first-order chi connectivity index (χ1) is 20.1. The van der Waals surface area contributed by atoms with E-state index in [1.807, 2.05) is 32.9 Å². The highest BCUT2D eigenvalue weighted by Gasteiger charge is 2.21. The summed E-state index contributed by atoms with van der Waals surface area (Å²) in [7, 11) is 0. The molecule has 0 aliphatic rings. The van der Waals surface area contributed by atoms with Crippen LogP contribution in [0.4, 0.5) is 10.5 Å². The molecule has 2 aromatic carbocycles. The Morgan fingerprint density at radius 2 is 1.63 bits per heavy atom. The first-order valence-corrected chi connectivity index (χ1v) is 14.0. The fraction of sp³-hybridized carbons (Fsp3) is 0.419. The van der Waals surface area contributed by atoms with E-state index in [4.69, 9.17) is 9.47 Å². The summed E-state index contributed by atoms with van der Waals surface area (Å²) < 4.78 is 12.3. The minimum Gasteiger partial charge on any atom is -0.460 e. The molecule has 12 heteroatoms. The minimum absolute atomic E-state index is 0.0573. The summed E-state index contributed by atoms with van der Waals surface area (Å²) in [5, 5.41) is 16.2. The van der Waals surface area contributed by atoms with Crippen molar-refractivity contribution >= 4 is 29.6 Å². The number of para-hydroxylation sites is 1. The molecule has 0 aliphatic carbocycles. The van der Waals surface area contributed by atoms with Crippen molar-refractivity contribution < 1.29 is 28.7 Å². The maximum atomic E-state index is 13.1. The molecule has 0 unspecified atom stereocenters. The number of esters is 1. The molecule has 0 fully saturated rings. The number of carbonyl (C=O) groups excluding carboxylic acids is 4. The molecule has 0 saturated heterocycles. The number of hydrogen-bond acceptors (Lipinski definition) is 8. The van der Waals surface area contributed by atoms with Crippen molar-refractivity contribution in [2.75, 3.05) is 5.32 Å². The molecule has 43 heavy (non-hydrogen) atoms. The number of benzene rings is 2. The van der Waals surface area contributed by atoms with Gasteiger partial charge in [0.2, 0.25) is 5.91 Å². The zero-order valence-electron chi connectivity index (χ0n) is 25.7. The van der Waals surface area contributed by atoms with Gasteiger partial charge in [0.1, 0.15) is 23.6 Å². The summed E-state index contributed by atoms with van der Waals surface area (Å²) >= 11 is 0. The van der Waals surface area contributed by atoms with E-state index in [-0.39, 0.29) is 18.9 Å². The lowest BCUT2D eigenvalue weighted by atomic mass is 10.1. The SMILES string of the molecule is C[C@H](NC(=O)c1cccc(-n2cnnc2CNC(=O)OC(C)(C)C)c1)C(=O)Nc1ccccc1CCC(=O)OC(C)(C)C. The molecule has 0 saturated carbocycles. The van der Waals surface area contributed by atoms with Crippen LogP contribution < -0.4 is 16.0 Å². The van der Waals surface area contributed by atoms with Gasteiger partial charge in [-0.05, 0) is 84.7 Å². The monoisotopic (exact) mass is 592 g/mol. The Balaban J connectivity index is 1.62. The zero-order chi connectivity index (χ0) is 31.8. The standard InChI is InChI=1S/C31H40N6O6/c1-20(27(39)35-24-14-9-8-11-21(24)15-16-26(38)42-30(2,3)4)34-28(40)22-12-10-13-23(17-22)37-19-33-36-25(37)18-32-29(41)43-31(5,6)7/h8-14,17,19-20H,15-16,18H2,1-7H3,(H,32,41)(H,34,40)(H,35,39)/t20-/m0/s1. The summed E-state index contributed by atoms with van der Waals surface area (Å²) in [6.07, 6.45) is 1.43. The van der Waals surface area contributed by atoms with Crippen LogP contribution in [0.1, 0.15) is 76.6 Å². The van der Waals surface area contributed by atoms with Crippen LogP contribution in [0.25, 0.3) is 5.69 Å². The highest BCUT2D eigenvalue weighted by Crippen LogP contribution is 2.19. The van der Waals surface area contributed by atoms with Crippen molar-refractivity contribution in [1.29, 1.82) is 0 Å². The summed E-state index contributed by atoms with van der Waals surface area (Å²) in [4.78, 5) is 50.3. The molecule has 3 rings (SSSR count). The average Bonchev–Trinajstić information content (AvgIpc) is 3.38. The van der Waals surface area contributed by atoms with E-state index in [0.717, 1.165) is 5.56 Å². The Morgan fingerprint density at radius 3 is 2.33 bits per heavy atom. The maximum absolute atomic E-state index is 13.1. The predicted molar refractivity (Wildman–Crippen MR) is 161 cm³/mol. The third kappa shape index (κ3) is 10.6. The molecule has 230 valence electrons. The summed E-state index contributed by atoms with van der Waals surface area (Å²) in [6, 6.07) is 13.0. The highest BCUT2D eigenvalue weighted by atomic mass is 16.6. The number of ether oxygens (including phenoxy) is 2. The summed E-state index contributed by atoms with van der Waals surface area (Å²) in [5.74, 6) is -0.761. The molecule has 1 aromatic heterocycles. The quantitative estimate of drug-likeness (QED) is 0.294. The van der Waals surface area contributed by atoms with Gasteiger partial charge in [0.05, 0.1) is 6.54 Å². The van der Waals surface area contributed by atoms with E-state index >= 15 is 0 Å². The number of hydrogen-bond donors (Lipinski definition) is 3. The second kappa shape index (κ2) is 14.0. The number of nitrogens with one attached hydrogen (secondary N) is 3. The largest absolute Gasteiger partial charge is 0.460 e. The zero-order valence-corrected chi connectivity index (χ0v) is 25.7. The smallest absolute Gasteiger partial charge is 0.408 e. The Kier molecular flexibility index (Phi) is 10.6. The molecule has 3 aromatic rings. The van der Waals surface area contributed by atoms with Crippen LogP contribution in [0, 0.1) is 0 Å². The van der Waals surface area contributed by atoms with Crippen molar-refractivity contribution in [3.05, 3.63) is 71.8 Å². The molecule has 0 aliphatic heterocycles. The molecule has 3 N–H and O–H groups in total. The second-order valence-electron chi connectivity index (χ2n) is 12.0. The van der Waals surface area contributed by atoms with Gasteiger partial charge in [-0.25, -0.2) is 4.79 Å². The third-order valence-electron chi connectivity index (χ3n) is 5.83. The fourth-order valence-electron chi connectivity index (χ4n) is 3.93. The molecule has 3 amide bonds. The second-order valence-corrected chi connectivity index (χ2v) is 12.0. The van der Waals surface area contributed by atoms with Crippen molar-refractivity contribution in [3.63, 3.8) is 0 Å². The first kappa shape index (κ1) is 32.8. The van der Waals surface area contributed by atoms with Gasteiger partial charge in [0.25, 0.3) is 5.91 Å². The molecule has 1 atom stereocenters. The lowest BCUT2D eigenvalue weighted by Gasteiger charge is -2.20. The third-order valence-corrected chi connectivity index (χ3v) is 5.83. The van der Waals surface area contributed by atoms with Crippen LogP contribution in [0.2, 0.25) is 0 Å². The van der Waals surface area contributed by atoms with Gasteiger partial charge in [0, 0.05) is 23.4 Å². The van der Waals surface area contributed by atoms with E-state index in [2.05, 4.69) is 26.1 Å². The van der Waals surface area contributed by atoms with Crippen LogP contribution >= 0.6 is 0 Å². The normalized spacial score (nSPS) is 12.2. The molecule has 1 heterocycles. The molecule has 12 nitrogen and oxygen atoms in total. The van der Waals surface area contributed by atoms with Gasteiger partial charge in [-0.2, -0.15) is 0 Å². The van der Waals surface area contributed by atoms with Gasteiger partial charge in [0.15, 0.2) is 5.82 Å². The number of alkyl carbamates (subject to hydrolysis) is 1. The maximum Gasteiger partial charge on any atom is 0.408 e. The van der Waals surface area contributed by atoms with E-state index in [1.54, 1.807) is 68.7 Å². The number of aromatic nitrogens is 3. The first-order valence-electron chi connectivity index (χ1n) is 14.0. The number of carbonyl (C=O) groups is 4. The number of anilines is 1. The number of amides is 3. The van der Waals surface area contributed by atoms with Gasteiger partial charge < -0.3 is 25.4 Å². The van der Waals surface area contributed by atoms with Gasteiger partial charge >= 0.3 is 12.1 Å². The Bertz CT molecular complexity index is 1450. The lowest BCUT2D eigenvalue weighted by molar-refractivity contribution is -0.154. The molecular formula is C31H40N6O6. The number of nitrogens with zero attached hydrogens (tertiary/aromatic N) is 3. The van der Waals surface area contributed by atoms with E-state index in [9.17, 15) is 19.2 Å². The highest BCUT2D eigenvalue weighted by molar-refractivity contribution is 6.01. The van der Waals surface area contributed by atoms with Crippen molar-refractivity contribution in [2.45, 2.75) is 85.1 Å². The van der Waals surface area contributed by atoms with E-state index in [1.165, 1.54) is 6.33 Å². The van der Waals surface area contributed by atoms with Gasteiger partial charge in [-0.15, -0.1) is 10.2 Å². The van der Waals surface area contributed by atoms with Crippen LogP contribution in [0.5, 0.6) is 0 Å². The molecule has 0 spiro atoms. The van der Waals surface area contributed by atoms with Crippen molar-refractivity contribution in [2.24, 2.45) is 0 Å². The molecule has 0 radical (unpaired) electrons. The van der Waals surface area contributed by atoms with Crippen molar-refractivity contribution in [1.82, 2.24) is 25.4 Å². The fourth-order valence-corrected chi connectivity index (χ4v) is 3.93. The average molecular weight is 593 g/mol. The lowest BCUT2D eigenvalue weighted by Crippen LogP contribution is -2.41. The Hall–Kier alpha value is -4.74. The van der Waals surface area contributed by atoms with E-state index in [0.29, 0.717) is 29.2 Å².